The van der Waals surface area contributed by atoms with Crippen molar-refractivity contribution in [3.05, 3.63) is 48.2 Å². The van der Waals surface area contributed by atoms with E-state index in [0.29, 0.717) is 34.7 Å². The van der Waals surface area contributed by atoms with E-state index < -0.39 is 30.4 Å². The topological polar surface area (TPSA) is 138 Å². The van der Waals surface area contributed by atoms with Crippen LogP contribution in [0.25, 0.3) is 5.82 Å². The van der Waals surface area contributed by atoms with Gasteiger partial charge in [0.1, 0.15) is 23.3 Å². The van der Waals surface area contributed by atoms with Crippen molar-refractivity contribution in [1.82, 2.24) is 24.5 Å². The van der Waals surface area contributed by atoms with E-state index in [0.717, 1.165) is 43.6 Å². The van der Waals surface area contributed by atoms with Gasteiger partial charge in [-0.2, -0.15) is 13.2 Å². The lowest BCUT2D eigenvalue weighted by atomic mass is 9.93. The van der Waals surface area contributed by atoms with E-state index in [2.05, 4.69) is 38.9 Å². The number of fused-ring (bicyclic) bond motifs is 6. The first-order valence-electron chi connectivity index (χ1n) is 14.9. The van der Waals surface area contributed by atoms with Crippen molar-refractivity contribution in [2.45, 2.75) is 74.9 Å². The molecule has 1 atom stereocenters. The third-order valence-corrected chi connectivity index (χ3v) is 9.44. The van der Waals surface area contributed by atoms with E-state index >= 15 is 0 Å². The first-order chi connectivity index (χ1) is 21.2. The summed E-state index contributed by atoms with van der Waals surface area (Å²) in [7, 11) is 0. The minimum Gasteiger partial charge on any atom is -0.471 e. The summed E-state index contributed by atoms with van der Waals surface area (Å²) in [5.74, 6) is -1.01. The standard InChI is InChI=1S/C30H36F3N7O4S/c1-27(2)15-19-5-4-13-34-21-6-3-7-24(35-21)45-38-26(41)20-8-9-22(36-25(20)39(27)16-19)40-14-10-23(37-40)44-18-29(42,43)17-28(11-12-28)30(31,32)33/h3,6-10,14,19,42-43H,4-5,11-13,15-18H2,1-2H3,(H,34,35)(H,38,41). The Morgan fingerprint density at radius 2 is 1.93 bits per heavy atom. The molecule has 1 saturated heterocycles. The number of nitrogens with one attached hydrogen (secondary N) is 2. The average Bonchev–Trinajstić information content (AvgIpc) is 3.48. The predicted molar refractivity (Wildman–Crippen MR) is 161 cm³/mol. The fraction of sp³-hybridized carbons (Fsp3) is 0.533. The summed E-state index contributed by atoms with van der Waals surface area (Å²) < 4.78 is 49.7. The zero-order chi connectivity index (χ0) is 32.0. The van der Waals surface area contributed by atoms with Crippen LogP contribution in [0.15, 0.2) is 47.6 Å². The van der Waals surface area contributed by atoms with Gasteiger partial charge in [-0.1, -0.05) is 6.07 Å². The van der Waals surface area contributed by atoms with Crippen LogP contribution >= 0.6 is 11.9 Å². The van der Waals surface area contributed by atoms with Gasteiger partial charge in [0.05, 0.1) is 11.0 Å². The van der Waals surface area contributed by atoms with Crippen molar-refractivity contribution in [1.29, 1.82) is 0 Å². The van der Waals surface area contributed by atoms with Crippen molar-refractivity contribution in [3.8, 4) is 11.7 Å². The number of ether oxygens (including phenoxy) is 1. The maximum Gasteiger partial charge on any atom is 0.394 e. The average molecular weight is 648 g/mol. The number of nitrogens with zero attached hydrogens (tertiary/aromatic N) is 5. The van der Waals surface area contributed by atoms with Crippen LogP contribution in [0, 0.1) is 11.3 Å². The molecule has 3 aromatic heterocycles. The second kappa shape index (κ2) is 11.7. The van der Waals surface area contributed by atoms with Crippen molar-refractivity contribution < 1.29 is 32.9 Å². The third-order valence-electron chi connectivity index (χ3n) is 8.71. The van der Waals surface area contributed by atoms with Gasteiger partial charge >= 0.3 is 6.18 Å². The van der Waals surface area contributed by atoms with Crippen LogP contribution in [0.1, 0.15) is 62.7 Å². The maximum absolute atomic E-state index is 13.5. The van der Waals surface area contributed by atoms with Gasteiger partial charge in [-0.3, -0.25) is 9.52 Å². The van der Waals surface area contributed by atoms with Crippen LogP contribution in [-0.4, -0.2) is 73.1 Å². The molecule has 4 N–H and O–H groups in total. The van der Waals surface area contributed by atoms with Crippen molar-refractivity contribution >= 4 is 29.5 Å². The molecule has 242 valence electrons. The highest BCUT2D eigenvalue weighted by Gasteiger charge is 2.65. The van der Waals surface area contributed by atoms with Gasteiger partial charge in [0.15, 0.2) is 11.6 Å². The monoisotopic (exact) mass is 647 g/mol. The Labute approximate surface area is 262 Å². The van der Waals surface area contributed by atoms with E-state index in [1.165, 1.54) is 10.7 Å². The number of amides is 1. The zero-order valence-corrected chi connectivity index (χ0v) is 25.8. The number of pyridine rings is 2. The molecule has 6 rings (SSSR count). The van der Waals surface area contributed by atoms with Gasteiger partial charge in [-0.05, 0) is 76.1 Å². The molecule has 1 unspecified atom stereocenters. The number of aliphatic hydroxyl groups is 2. The number of rotatable bonds is 6. The van der Waals surface area contributed by atoms with E-state index in [-0.39, 0.29) is 30.2 Å². The minimum atomic E-state index is -4.52. The van der Waals surface area contributed by atoms with Gasteiger partial charge in [0.25, 0.3) is 5.91 Å². The van der Waals surface area contributed by atoms with Crippen LogP contribution in [-0.2, 0) is 0 Å². The molecule has 0 spiro atoms. The Hall–Kier alpha value is -3.56. The van der Waals surface area contributed by atoms with E-state index in [9.17, 15) is 28.2 Å². The normalized spacial score (nSPS) is 21.2. The molecule has 45 heavy (non-hydrogen) atoms. The molecule has 2 fully saturated rings. The Morgan fingerprint density at radius 1 is 1.13 bits per heavy atom. The van der Waals surface area contributed by atoms with Crippen molar-refractivity contribution in [3.63, 3.8) is 0 Å². The quantitative estimate of drug-likeness (QED) is 0.220. The van der Waals surface area contributed by atoms with Crippen LogP contribution < -0.4 is 19.7 Å². The van der Waals surface area contributed by atoms with Gasteiger partial charge < -0.3 is 25.2 Å². The molecule has 3 aromatic rings. The van der Waals surface area contributed by atoms with E-state index in [4.69, 9.17) is 9.72 Å². The zero-order valence-electron chi connectivity index (χ0n) is 25.0. The molecule has 3 aliphatic rings. The number of aromatic nitrogens is 4. The molecule has 11 nitrogen and oxygen atoms in total. The largest absolute Gasteiger partial charge is 0.471 e. The van der Waals surface area contributed by atoms with Crippen LogP contribution in [0.3, 0.4) is 0 Å². The number of hydrogen-bond donors (Lipinski definition) is 4. The summed E-state index contributed by atoms with van der Waals surface area (Å²) in [5, 5.41) is 28.8. The van der Waals surface area contributed by atoms with Gasteiger partial charge in [0, 0.05) is 49.3 Å². The number of carbonyl (C=O) groups excluding carboxylic acids is 1. The van der Waals surface area contributed by atoms with E-state index in [1.54, 1.807) is 18.3 Å². The highest BCUT2D eigenvalue weighted by Crippen LogP contribution is 2.61. The summed E-state index contributed by atoms with van der Waals surface area (Å²) in [6, 6.07) is 10.4. The van der Waals surface area contributed by atoms with Crippen LogP contribution in [0.4, 0.5) is 24.8 Å². The molecule has 15 heteroatoms. The Balaban J connectivity index is 1.24. The number of halogens is 3. The molecule has 5 heterocycles. The number of alkyl halides is 3. The Morgan fingerprint density at radius 3 is 2.69 bits per heavy atom. The first kappa shape index (κ1) is 31.4. The summed E-state index contributed by atoms with van der Waals surface area (Å²) in [4.78, 5) is 25.1. The number of carbonyl (C=O) groups is 1. The van der Waals surface area contributed by atoms with Gasteiger partial charge in [0.2, 0.25) is 5.88 Å². The lowest BCUT2D eigenvalue weighted by Crippen LogP contribution is -2.42. The number of anilines is 2. The molecule has 4 bridgehead atoms. The Bertz CT molecular complexity index is 1560. The molecule has 2 aliphatic heterocycles. The van der Waals surface area contributed by atoms with Crippen LogP contribution in [0.2, 0.25) is 0 Å². The van der Waals surface area contributed by atoms with Gasteiger partial charge in [-0.15, -0.1) is 5.10 Å². The highest BCUT2D eigenvalue weighted by molar-refractivity contribution is 7.97. The second-order valence-electron chi connectivity index (χ2n) is 12.8. The van der Waals surface area contributed by atoms with Gasteiger partial charge in [-0.25, -0.2) is 14.6 Å². The lowest BCUT2D eigenvalue weighted by molar-refractivity contribution is -0.246. The first-order valence-corrected chi connectivity index (χ1v) is 15.7. The molecule has 0 aromatic carbocycles. The number of hydrogen-bond acceptors (Lipinski definition) is 10. The molecule has 0 radical (unpaired) electrons. The molecular weight excluding hydrogens is 611 g/mol. The molecule has 1 amide bonds. The lowest BCUT2D eigenvalue weighted by Gasteiger charge is -2.34. The SMILES string of the molecule is CC1(C)CC2CCCNc3cccc(n3)SNC(=O)c3ccc(-n4ccc(OCC(O)(O)CC5(C(F)(F)F)CC5)n4)nc3N1C2. The fourth-order valence-electron chi connectivity index (χ4n) is 6.24. The molecular formula is C30H36F3N7O4S. The molecule has 1 saturated carbocycles. The fourth-order valence-corrected chi connectivity index (χ4v) is 6.84. The van der Waals surface area contributed by atoms with Crippen LogP contribution in [0.5, 0.6) is 5.88 Å². The highest BCUT2D eigenvalue weighted by atomic mass is 32.2. The molecule has 1 aliphatic carbocycles. The Kier molecular flexibility index (Phi) is 8.14. The van der Waals surface area contributed by atoms with Crippen molar-refractivity contribution in [2.24, 2.45) is 11.3 Å². The third kappa shape index (κ3) is 6.84. The summed E-state index contributed by atoms with van der Waals surface area (Å²) in [6.45, 7) is 4.98. The second-order valence-corrected chi connectivity index (χ2v) is 13.6. The summed E-state index contributed by atoms with van der Waals surface area (Å²) >= 11 is 1.12. The smallest absolute Gasteiger partial charge is 0.394 e. The van der Waals surface area contributed by atoms with E-state index in [1.807, 2.05) is 18.2 Å². The summed E-state index contributed by atoms with van der Waals surface area (Å²) in [5.41, 5.74) is -1.99. The minimum absolute atomic E-state index is 0.0173. The summed E-state index contributed by atoms with van der Waals surface area (Å²) in [6.07, 6.45) is -1.28. The predicted octanol–water partition coefficient (Wildman–Crippen LogP) is 4.70. The van der Waals surface area contributed by atoms with Crippen molar-refractivity contribution in [2.75, 3.05) is 29.9 Å². The maximum atomic E-state index is 13.5.